The summed E-state index contributed by atoms with van der Waals surface area (Å²) >= 11 is 9.36. The molecule has 4 heteroatoms. The van der Waals surface area contributed by atoms with Crippen molar-refractivity contribution >= 4 is 27.5 Å². The number of benzene rings is 2. The van der Waals surface area contributed by atoms with Crippen molar-refractivity contribution in [2.45, 2.75) is 20.0 Å². The zero-order chi connectivity index (χ0) is 14.9. The lowest BCUT2D eigenvalue weighted by molar-refractivity contribution is 0.214. The normalized spacial score (nSPS) is 12.3. The molecule has 0 amide bonds. The van der Waals surface area contributed by atoms with E-state index in [0.717, 1.165) is 32.5 Å². The van der Waals surface area contributed by atoms with E-state index in [2.05, 4.69) is 15.9 Å². The number of methoxy groups -OCH3 is 1. The average molecular weight is 356 g/mol. The summed E-state index contributed by atoms with van der Waals surface area (Å²) in [5, 5.41) is 11.2. The molecule has 0 saturated heterocycles. The number of aliphatic hydroxyl groups excluding tert-OH is 1. The summed E-state index contributed by atoms with van der Waals surface area (Å²) in [6.07, 6.45) is -0.752. The quantitative estimate of drug-likeness (QED) is 0.856. The van der Waals surface area contributed by atoms with Crippen molar-refractivity contribution in [3.05, 3.63) is 62.1 Å². The maximum Gasteiger partial charge on any atom is 0.128 e. The van der Waals surface area contributed by atoms with Crippen LogP contribution in [0.25, 0.3) is 0 Å². The molecule has 0 spiro atoms. The van der Waals surface area contributed by atoms with Crippen LogP contribution in [0, 0.1) is 13.8 Å². The molecule has 2 nitrogen and oxygen atoms in total. The van der Waals surface area contributed by atoms with Crippen molar-refractivity contribution in [1.82, 2.24) is 0 Å². The Morgan fingerprint density at radius 3 is 2.50 bits per heavy atom. The number of hydrogen-bond acceptors (Lipinski definition) is 2. The van der Waals surface area contributed by atoms with Gasteiger partial charge in [-0.25, -0.2) is 0 Å². The molecular weight excluding hydrogens is 340 g/mol. The fraction of sp³-hybridized carbons (Fsp3) is 0.250. The van der Waals surface area contributed by atoms with Gasteiger partial charge in [0.15, 0.2) is 0 Å². The predicted octanol–water partition coefficient (Wildman–Crippen LogP) is 4.81. The van der Waals surface area contributed by atoms with Gasteiger partial charge in [0.25, 0.3) is 0 Å². The first kappa shape index (κ1) is 15.4. The zero-order valence-electron chi connectivity index (χ0n) is 11.6. The Morgan fingerprint density at radius 1 is 1.20 bits per heavy atom. The van der Waals surface area contributed by atoms with E-state index in [1.807, 2.05) is 38.1 Å². The monoisotopic (exact) mass is 354 g/mol. The molecule has 1 atom stereocenters. The lowest BCUT2D eigenvalue weighted by Gasteiger charge is -2.18. The lowest BCUT2D eigenvalue weighted by atomic mass is 9.96. The molecule has 0 aliphatic rings. The highest BCUT2D eigenvalue weighted by Gasteiger charge is 2.18. The van der Waals surface area contributed by atoms with E-state index >= 15 is 0 Å². The van der Waals surface area contributed by atoms with Gasteiger partial charge in [-0.05, 0) is 58.6 Å². The van der Waals surface area contributed by atoms with Gasteiger partial charge in [0, 0.05) is 10.0 Å². The molecule has 2 aromatic rings. The first-order valence-corrected chi connectivity index (χ1v) is 7.40. The third-order valence-electron chi connectivity index (χ3n) is 3.47. The fourth-order valence-corrected chi connectivity index (χ4v) is 2.67. The summed E-state index contributed by atoms with van der Waals surface area (Å²) in [5.41, 5.74) is 3.69. The maximum absolute atomic E-state index is 10.6. The lowest BCUT2D eigenvalue weighted by Crippen LogP contribution is -2.04. The summed E-state index contributed by atoms with van der Waals surface area (Å²) in [5.74, 6) is 0.726. The maximum atomic E-state index is 10.6. The van der Waals surface area contributed by atoms with Gasteiger partial charge in [-0.3, -0.25) is 0 Å². The molecule has 0 radical (unpaired) electrons. The SMILES string of the molecule is COc1c(C(O)c2ccc(Cl)c(Br)c2)ccc(C)c1C. The average Bonchev–Trinajstić information content (AvgIpc) is 2.44. The molecule has 2 rings (SSSR count). The van der Waals surface area contributed by atoms with Crippen LogP contribution in [-0.2, 0) is 0 Å². The first-order chi connectivity index (χ1) is 9.45. The molecule has 20 heavy (non-hydrogen) atoms. The van der Waals surface area contributed by atoms with Crippen molar-refractivity contribution in [1.29, 1.82) is 0 Å². The van der Waals surface area contributed by atoms with E-state index in [-0.39, 0.29) is 0 Å². The van der Waals surface area contributed by atoms with Crippen molar-refractivity contribution in [2.24, 2.45) is 0 Å². The topological polar surface area (TPSA) is 29.5 Å². The molecule has 106 valence electrons. The van der Waals surface area contributed by atoms with Gasteiger partial charge in [0.2, 0.25) is 0 Å². The Hall–Kier alpha value is -1.03. The molecule has 0 bridgehead atoms. The van der Waals surface area contributed by atoms with Gasteiger partial charge < -0.3 is 9.84 Å². The standard InChI is InChI=1S/C16H16BrClO2/c1-9-4-6-12(16(20-3)10(9)2)15(19)11-5-7-14(18)13(17)8-11/h4-8,15,19H,1-3H3. The fourth-order valence-electron chi connectivity index (χ4n) is 2.16. The van der Waals surface area contributed by atoms with Crippen molar-refractivity contribution < 1.29 is 9.84 Å². The zero-order valence-corrected chi connectivity index (χ0v) is 13.9. The van der Waals surface area contributed by atoms with Gasteiger partial charge in [-0.1, -0.05) is 29.8 Å². The number of halogens is 2. The summed E-state index contributed by atoms with van der Waals surface area (Å²) in [6, 6.07) is 9.28. The van der Waals surface area contributed by atoms with E-state index in [1.54, 1.807) is 13.2 Å². The molecule has 0 saturated carbocycles. The first-order valence-electron chi connectivity index (χ1n) is 6.22. The third kappa shape index (κ3) is 2.85. The van der Waals surface area contributed by atoms with Gasteiger partial charge in [-0.15, -0.1) is 0 Å². The minimum Gasteiger partial charge on any atom is -0.496 e. The third-order valence-corrected chi connectivity index (χ3v) is 4.68. The van der Waals surface area contributed by atoms with Crippen LogP contribution in [0.2, 0.25) is 5.02 Å². The van der Waals surface area contributed by atoms with Crippen molar-refractivity contribution in [2.75, 3.05) is 7.11 Å². The molecule has 0 aliphatic heterocycles. The highest BCUT2D eigenvalue weighted by Crippen LogP contribution is 2.35. The Labute approximate surface area is 132 Å². The molecule has 1 unspecified atom stereocenters. The minimum absolute atomic E-state index is 0.619. The number of rotatable bonds is 3. The van der Waals surface area contributed by atoms with E-state index in [0.29, 0.717) is 5.02 Å². The van der Waals surface area contributed by atoms with E-state index in [4.69, 9.17) is 16.3 Å². The summed E-state index contributed by atoms with van der Waals surface area (Å²) in [6.45, 7) is 4.01. The van der Waals surface area contributed by atoms with Crippen LogP contribution in [-0.4, -0.2) is 12.2 Å². The molecular formula is C16H16BrClO2. The molecule has 2 aromatic carbocycles. The van der Waals surface area contributed by atoms with Gasteiger partial charge in [0.05, 0.1) is 12.1 Å². The molecule has 1 N–H and O–H groups in total. The smallest absolute Gasteiger partial charge is 0.128 e. The number of aryl methyl sites for hydroxylation is 1. The number of aliphatic hydroxyl groups is 1. The molecule has 0 fully saturated rings. The number of hydrogen-bond donors (Lipinski definition) is 1. The largest absolute Gasteiger partial charge is 0.496 e. The Balaban J connectivity index is 2.50. The second-order valence-electron chi connectivity index (χ2n) is 4.71. The second kappa shape index (κ2) is 6.17. The van der Waals surface area contributed by atoms with E-state index < -0.39 is 6.10 Å². The van der Waals surface area contributed by atoms with Gasteiger partial charge in [-0.2, -0.15) is 0 Å². The highest BCUT2D eigenvalue weighted by molar-refractivity contribution is 9.10. The Morgan fingerprint density at radius 2 is 1.90 bits per heavy atom. The number of ether oxygens (including phenoxy) is 1. The molecule has 0 heterocycles. The molecule has 0 aliphatic carbocycles. The van der Waals surface area contributed by atoms with Crippen LogP contribution in [0.1, 0.15) is 28.4 Å². The van der Waals surface area contributed by atoms with Crippen LogP contribution in [0.5, 0.6) is 5.75 Å². The summed E-state index contributed by atoms with van der Waals surface area (Å²) < 4.78 is 6.22. The van der Waals surface area contributed by atoms with Crippen LogP contribution >= 0.6 is 27.5 Å². The van der Waals surface area contributed by atoms with Crippen molar-refractivity contribution in [3.8, 4) is 5.75 Å². The highest BCUT2D eigenvalue weighted by atomic mass is 79.9. The Kier molecular flexibility index (Phi) is 4.74. The predicted molar refractivity (Wildman–Crippen MR) is 85.7 cm³/mol. The molecule has 0 aromatic heterocycles. The minimum atomic E-state index is -0.752. The van der Waals surface area contributed by atoms with Crippen LogP contribution in [0.4, 0.5) is 0 Å². The van der Waals surface area contributed by atoms with Gasteiger partial charge >= 0.3 is 0 Å². The summed E-state index contributed by atoms with van der Waals surface area (Å²) in [4.78, 5) is 0. The van der Waals surface area contributed by atoms with Crippen molar-refractivity contribution in [3.63, 3.8) is 0 Å². The van der Waals surface area contributed by atoms with Crippen LogP contribution < -0.4 is 4.74 Å². The van der Waals surface area contributed by atoms with Gasteiger partial charge in [0.1, 0.15) is 11.9 Å². The summed E-state index contributed by atoms with van der Waals surface area (Å²) in [7, 11) is 1.62. The Bertz CT molecular complexity index is 641. The van der Waals surface area contributed by atoms with Crippen LogP contribution in [0.15, 0.2) is 34.8 Å². The second-order valence-corrected chi connectivity index (χ2v) is 5.97. The van der Waals surface area contributed by atoms with Crippen LogP contribution in [0.3, 0.4) is 0 Å². The van der Waals surface area contributed by atoms with E-state index in [1.165, 1.54) is 0 Å². The van der Waals surface area contributed by atoms with E-state index in [9.17, 15) is 5.11 Å².